The lowest BCUT2D eigenvalue weighted by molar-refractivity contribution is -0.159. The van der Waals surface area contributed by atoms with Crippen molar-refractivity contribution in [3.05, 3.63) is 11.6 Å². The zero-order valence-electron chi connectivity index (χ0n) is 16.5. The van der Waals surface area contributed by atoms with Crippen LogP contribution in [-0.4, -0.2) is 41.1 Å². The highest BCUT2D eigenvalue weighted by atomic mass is 28.4. The number of hydrogen-bond acceptors (Lipinski definition) is 5. The molecule has 0 aromatic carbocycles. The van der Waals surface area contributed by atoms with Gasteiger partial charge in [0.15, 0.2) is 14.2 Å². The van der Waals surface area contributed by atoms with Crippen molar-refractivity contribution in [2.45, 2.75) is 65.1 Å². The molecule has 6 heteroatoms. The maximum atomic E-state index is 11.6. The highest BCUT2D eigenvalue weighted by Gasteiger charge is 2.36. The van der Waals surface area contributed by atoms with Gasteiger partial charge in [0.25, 0.3) is 0 Å². The summed E-state index contributed by atoms with van der Waals surface area (Å²) in [5.41, 5.74) is 1.13. The van der Waals surface area contributed by atoms with Crippen LogP contribution in [0, 0.1) is 5.92 Å². The molecule has 0 spiro atoms. The Bertz CT molecular complexity index is 433. The third-order valence-electron chi connectivity index (χ3n) is 4.68. The monoisotopic (exact) mass is 358 g/mol. The molecule has 0 atom stereocenters. The van der Waals surface area contributed by atoms with Gasteiger partial charge in [0.1, 0.15) is 0 Å². The van der Waals surface area contributed by atoms with Crippen LogP contribution in [0.3, 0.4) is 0 Å². The first kappa shape index (κ1) is 22.9. The van der Waals surface area contributed by atoms with E-state index in [0.717, 1.165) is 12.0 Å². The second-order valence-electron chi connectivity index (χ2n) is 7.59. The lowest BCUT2D eigenvalue weighted by Crippen LogP contribution is -2.40. The fourth-order valence-corrected chi connectivity index (χ4v) is 2.99. The predicted octanol–water partition coefficient (Wildman–Crippen LogP) is 4.09. The molecular formula is C18H34O5Si. The predicted molar refractivity (Wildman–Crippen MR) is 98.3 cm³/mol. The smallest absolute Gasteiger partial charge is 0.320 e. The fraction of sp³-hybridized carbons (Fsp3) is 0.778. The van der Waals surface area contributed by atoms with Gasteiger partial charge in [0, 0.05) is 6.61 Å². The van der Waals surface area contributed by atoms with E-state index in [2.05, 4.69) is 49.4 Å². The Morgan fingerprint density at radius 3 is 2.00 bits per heavy atom. The van der Waals surface area contributed by atoms with Gasteiger partial charge in [-0.2, -0.15) is 0 Å². The minimum absolute atomic E-state index is 0.208. The van der Waals surface area contributed by atoms with Crippen LogP contribution in [-0.2, 0) is 23.5 Å². The normalized spacial score (nSPS) is 13.1. The van der Waals surface area contributed by atoms with Crippen LogP contribution in [0.15, 0.2) is 11.6 Å². The number of methoxy groups -OCH3 is 2. The van der Waals surface area contributed by atoms with Gasteiger partial charge in [-0.05, 0) is 44.3 Å². The van der Waals surface area contributed by atoms with Crippen LogP contribution < -0.4 is 0 Å². The molecule has 0 rings (SSSR count). The molecule has 0 aliphatic carbocycles. The summed E-state index contributed by atoms with van der Waals surface area (Å²) in [4.78, 5) is 23.3. The summed E-state index contributed by atoms with van der Waals surface area (Å²) in [5, 5.41) is 0.208. The first-order valence-corrected chi connectivity index (χ1v) is 11.3. The molecule has 5 nitrogen and oxygen atoms in total. The number of hydrogen-bond donors (Lipinski definition) is 0. The molecule has 140 valence electrons. The molecule has 0 heterocycles. The van der Waals surface area contributed by atoms with Crippen LogP contribution in [0.25, 0.3) is 0 Å². The van der Waals surface area contributed by atoms with Crippen LogP contribution in [0.1, 0.15) is 47.0 Å². The molecule has 24 heavy (non-hydrogen) atoms. The number of rotatable bonds is 9. The SMILES string of the molecule is COC(=O)C(CC/C(C)=C\CCO[Si](C)(C)C(C)(C)C)C(=O)OC. The van der Waals surface area contributed by atoms with Gasteiger partial charge in [0.2, 0.25) is 0 Å². The second-order valence-corrected chi connectivity index (χ2v) is 12.4. The zero-order valence-corrected chi connectivity index (χ0v) is 17.5. The van der Waals surface area contributed by atoms with Crippen molar-refractivity contribution in [2.24, 2.45) is 5.92 Å². The van der Waals surface area contributed by atoms with E-state index in [1.165, 1.54) is 14.2 Å². The largest absolute Gasteiger partial charge is 0.468 e. The summed E-state index contributed by atoms with van der Waals surface area (Å²) in [6, 6.07) is 0. The molecule has 0 aromatic heterocycles. The van der Waals surface area contributed by atoms with Crippen molar-refractivity contribution in [3.63, 3.8) is 0 Å². The minimum Gasteiger partial charge on any atom is -0.468 e. The van der Waals surface area contributed by atoms with E-state index in [-0.39, 0.29) is 5.04 Å². The van der Waals surface area contributed by atoms with Crippen molar-refractivity contribution in [1.29, 1.82) is 0 Å². The third-order valence-corrected chi connectivity index (χ3v) is 9.22. The van der Waals surface area contributed by atoms with E-state index in [1.807, 2.05) is 6.92 Å². The van der Waals surface area contributed by atoms with Crippen molar-refractivity contribution in [2.75, 3.05) is 20.8 Å². The van der Waals surface area contributed by atoms with Gasteiger partial charge in [-0.1, -0.05) is 32.4 Å². The molecular weight excluding hydrogens is 324 g/mol. The number of esters is 2. The Morgan fingerprint density at radius 1 is 1.08 bits per heavy atom. The average Bonchev–Trinajstić information content (AvgIpc) is 2.49. The molecule has 0 unspecified atom stereocenters. The van der Waals surface area contributed by atoms with E-state index in [1.54, 1.807) is 0 Å². The van der Waals surface area contributed by atoms with Crippen molar-refractivity contribution >= 4 is 20.3 Å². The maximum absolute atomic E-state index is 11.6. The molecule has 0 N–H and O–H groups in total. The topological polar surface area (TPSA) is 61.8 Å². The number of ether oxygens (including phenoxy) is 2. The van der Waals surface area contributed by atoms with Crippen LogP contribution in [0.5, 0.6) is 0 Å². The maximum Gasteiger partial charge on any atom is 0.320 e. The summed E-state index contributed by atoms with van der Waals surface area (Å²) in [6.45, 7) is 13.8. The summed E-state index contributed by atoms with van der Waals surface area (Å²) < 4.78 is 15.4. The highest BCUT2D eigenvalue weighted by Crippen LogP contribution is 2.36. The molecule has 0 aliphatic heterocycles. The molecule has 0 aliphatic rings. The second kappa shape index (κ2) is 9.99. The van der Waals surface area contributed by atoms with Gasteiger partial charge < -0.3 is 13.9 Å². The summed E-state index contributed by atoms with van der Waals surface area (Å²) in [5.74, 6) is -1.95. The molecule has 0 saturated carbocycles. The first-order valence-electron chi connectivity index (χ1n) is 8.41. The lowest BCUT2D eigenvalue weighted by Gasteiger charge is -2.36. The van der Waals surface area contributed by atoms with Crippen LogP contribution in [0.4, 0.5) is 0 Å². The molecule has 0 bridgehead atoms. The Labute approximate surface area is 147 Å². The molecule has 0 aromatic rings. The van der Waals surface area contributed by atoms with Gasteiger partial charge in [-0.25, -0.2) is 0 Å². The van der Waals surface area contributed by atoms with Gasteiger partial charge in [-0.3, -0.25) is 9.59 Å². The van der Waals surface area contributed by atoms with Crippen LogP contribution >= 0.6 is 0 Å². The zero-order chi connectivity index (χ0) is 19.0. The number of allylic oxidation sites excluding steroid dienone is 1. The Hall–Kier alpha value is -1.14. The highest BCUT2D eigenvalue weighted by molar-refractivity contribution is 6.74. The van der Waals surface area contributed by atoms with Crippen molar-refractivity contribution in [3.8, 4) is 0 Å². The molecule has 0 radical (unpaired) electrons. The summed E-state index contributed by atoms with van der Waals surface area (Å²) in [6.07, 6.45) is 3.98. The third kappa shape index (κ3) is 7.62. The van der Waals surface area contributed by atoms with Crippen LogP contribution in [0.2, 0.25) is 18.1 Å². The van der Waals surface area contributed by atoms with Crippen molar-refractivity contribution in [1.82, 2.24) is 0 Å². The van der Waals surface area contributed by atoms with E-state index in [4.69, 9.17) is 4.43 Å². The number of carbonyl (C=O) groups excluding carboxylic acids is 2. The molecule has 0 amide bonds. The molecule has 0 fully saturated rings. The standard InChI is InChI=1S/C18H34O5Si/c1-14(10-9-13-23-24(7,8)18(2,3)4)11-12-15(16(19)21-5)17(20)22-6/h10,15H,9,11-13H2,1-8H3/b14-10-. The van der Waals surface area contributed by atoms with Gasteiger partial charge in [0.05, 0.1) is 14.2 Å². The number of carbonyl (C=O) groups is 2. The fourth-order valence-electron chi connectivity index (χ4n) is 1.93. The van der Waals surface area contributed by atoms with E-state index >= 15 is 0 Å². The Kier molecular flexibility index (Phi) is 9.51. The average molecular weight is 359 g/mol. The summed E-state index contributed by atoms with van der Waals surface area (Å²) in [7, 11) is 0.849. The Morgan fingerprint density at radius 2 is 1.58 bits per heavy atom. The summed E-state index contributed by atoms with van der Waals surface area (Å²) >= 11 is 0. The van der Waals surface area contributed by atoms with E-state index < -0.39 is 26.2 Å². The van der Waals surface area contributed by atoms with Gasteiger partial charge in [-0.15, -0.1) is 0 Å². The first-order chi connectivity index (χ1) is 11.0. The van der Waals surface area contributed by atoms with Crippen molar-refractivity contribution < 1.29 is 23.5 Å². The van der Waals surface area contributed by atoms with Gasteiger partial charge >= 0.3 is 11.9 Å². The van der Waals surface area contributed by atoms with E-state index in [9.17, 15) is 9.59 Å². The Balaban J connectivity index is 4.41. The minimum atomic E-state index is -1.70. The molecule has 0 saturated heterocycles. The lowest BCUT2D eigenvalue weighted by atomic mass is 10.00. The quantitative estimate of drug-likeness (QED) is 0.204. The van der Waals surface area contributed by atoms with E-state index in [0.29, 0.717) is 19.4 Å².